The summed E-state index contributed by atoms with van der Waals surface area (Å²) in [4.78, 5) is 10.7. The van der Waals surface area contributed by atoms with Crippen molar-refractivity contribution in [1.82, 2.24) is 0 Å². The van der Waals surface area contributed by atoms with Gasteiger partial charge in [0.25, 0.3) is 0 Å². The van der Waals surface area contributed by atoms with Gasteiger partial charge in [-0.3, -0.25) is 4.79 Å². The van der Waals surface area contributed by atoms with Gasteiger partial charge in [0.1, 0.15) is 5.82 Å². The lowest BCUT2D eigenvalue weighted by Crippen LogP contribution is -2.27. The minimum absolute atomic E-state index is 0.0199. The highest BCUT2D eigenvalue weighted by molar-refractivity contribution is 6.30. The van der Waals surface area contributed by atoms with Crippen LogP contribution in [0.15, 0.2) is 18.2 Å². The Kier molecular flexibility index (Phi) is 4.26. The molecule has 0 fully saturated rings. The van der Waals surface area contributed by atoms with Crippen LogP contribution in [0.1, 0.15) is 24.8 Å². The standard InChI is InChI=1S/C11H13ClFNO2/c1-6(14)8(5-10(15)16)7-3-2-4-9(12)11(7)13/h2-4,6,8H,5,14H2,1H3,(H,15,16). The Labute approximate surface area is 98.0 Å². The molecule has 0 spiro atoms. The summed E-state index contributed by atoms with van der Waals surface area (Å²) in [6.07, 6.45) is -0.213. The first kappa shape index (κ1) is 12.9. The Morgan fingerprint density at radius 3 is 2.75 bits per heavy atom. The molecular formula is C11H13ClFNO2. The second-order valence-corrected chi connectivity index (χ2v) is 4.11. The molecule has 3 nitrogen and oxygen atoms in total. The second-order valence-electron chi connectivity index (χ2n) is 3.71. The minimum Gasteiger partial charge on any atom is -0.481 e. The van der Waals surface area contributed by atoms with E-state index >= 15 is 0 Å². The van der Waals surface area contributed by atoms with Gasteiger partial charge in [-0.25, -0.2) is 4.39 Å². The van der Waals surface area contributed by atoms with Gasteiger partial charge in [-0.2, -0.15) is 0 Å². The van der Waals surface area contributed by atoms with E-state index in [1.807, 2.05) is 0 Å². The van der Waals surface area contributed by atoms with E-state index in [1.54, 1.807) is 13.0 Å². The normalized spacial score (nSPS) is 14.5. The minimum atomic E-state index is -1.01. The third-order valence-corrected chi connectivity index (χ3v) is 2.70. The van der Waals surface area contributed by atoms with Crippen LogP contribution < -0.4 is 5.73 Å². The Hall–Kier alpha value is -1.13. The van der Waals surface area contributed by atoms with Crippen molar-refractivity contribution in [3.63, 3.8) is 0 Å². The summed E-state index contributed by atoms with van der Waals surface area (Å²) in [5.41, 5.74) is 5.92. The summed E-state index contributed by atoms with van der Waals surface area (Å²) >= 11 is 5.64. The molecule has 2 unspecified atom stereocenters. The molecule has 16 heavy (non-hydrogen) atoms. The third-order valence-electron chi connectivity index (χ3n) is 2.41. The molecule has 0 aromatic heterocycles. The van der Waals surface area contributed by atoms with Crippen molar-refractivity contribution in [2.45, 2.75) is 25.3 Å². The van der Waals surface area contributed by atoms with Crippen LogP contribution in [0.25, 0.3) is 0 Å². The van der Waals surface area contributed by atoms with Gasteiger partial charge < -0.3 is 10.8 Å². The number of hydrogen-bond acceptors (Lipinski definition) is 2. The molecule has 5 heteroatoms. The van der Waals surface area contributed by atoms with Gasteiger partial charge >= 0.3 is 5.97 Å². The second kappa shape index (κ2) is 5.27. The average molecular weight is 246 g/mol. The largest absolute Gasteiger partial charge is 0.481 e. The van der Waals surface area contributed by atoms with Crippen molar-refractivity contribution in [2.75, 3.05) is 0 Å². The smallest absolute Gasteiger partial charge is 0.304 e. The lowest BCUT2D eigenvalue weighted by molar-refractivity contribution is -0.137. The summed E-state index contributed by atoms with van der Waals surface area (Å²) < 4.78 is 13.7. The van der Waals surface area contributed by atoms with Gasteiger partial charge in [-0.15, -0.1) is 0 Å². The highest BCUT2D eigenvalue weighted by Gasteiger charge is 2.23. The molecular weight excluding hydrogens is 233 g/mol. The van der Waals surface area contributed by atoms with Crippen LogP contribution in [0.5, 0.6) is 0 Å². The molecule has 0 aliphatic carbocycles. The molecule has 0 aliphatic heterocycles. The number of carbonyl (C=O) groups is 1. The molecule has 1 rings (SSSR count). The van der Waals surface area contributed by atoms with Crippen LogP contribution in [0.3, 0.4) is 0 Å². The number of carboxylic acid groups (broad SMARTS) is 1. The maximum absolute atomic E-state index is 13.7. The molecule has 0 bridgehead atoms. The quantitative estimate of drug-likeness (QED) is 0.856. The first-order valence-electron chi connectivity index (χ1n) is 4.84. The fourth-order valence-corrected chi connectivity index (χ4v) is 1.76. The number of nitrogens with two attached hydrogens (primary N) is 1. The van der Waals surface area contributed by atoms with E-state index in [9.17, 15) is 9.18 Å². The zero-order valence-electron chi connectivity index (χ0n) is 8.78. The Morgan fingerprint density at radius 1 is 1.62 bits per heavy atom. The van der Waals surface area contributed by atoms with Crippen LogP contribution >= 0.6 is 11.6 Å². The first-order chi connectivity index (χ1) is 7.43. The maximum atomic E-state index is 13.7. The highest BCUT2D eigenvalue weighted by Crippen LogP contribution is 2.28. The van der Waals surface area contributed by atoms with Crippen molar-refractivity contribution in [3.05, 3.63) is 34.6 Å². The predicted molar refractivity (Wildman–Crippen MR) is 60.1 cm³/mol. The molecule has 2 atom stereocenters. The monoisotopic (exact) mass is 245 g/mol. The molecule has 0 saturated carbocycles. The molecule has 0 amide bonds. The van der Waals surface area contributed by atoms with Crippen molar-refractivity contribution >= 4 is 17.6 Å². The number of benzene rings is 1. The van der Waals surface area contributed by atoms with Gasteiger partial charge in [0.15, 0.2) is 0 Å². The average Bonchev–Trinajstić information content (AvgIpc) is 2.18. The molecule has 0 heterocycles. The van der Waals surface area contributed by atoms with Gasteiger partial charge in [-0.1, -0.05) is 23.7 Å². The topological polar surface area (TPSA) is 63.3 Å². The molecule has 3 N–H and O–H groups in total. The van der Waals surface area contributed by atoms with E-state index in [0.29, 0.717) is 0 Å². The number of carboxylic acids is 1. The lowest BCUT2D eigenvalue weighted by Gasteiger charge is -2.20. The fourth-order valence-electron chi connectivity index (χ4n) is 1.57. The van der Waals surface area contributed by atoms with Crippen molar-refractivity contribution in [2.24, 2.45) is 5.73 Å². The molecule has 1 aromatic rings. The van der Waals surface area contributed by atoms with Crippen molar-refractivity contribution < 1.29 is 14.3 Å². The number of aliphatic carboxylic acids is 1. The zero-order valence-corrected chi connectivity index (χ0v) is 9.54. The summed E-state index contributed by atoms with van der Waals surface area (Å²) in [5, 5.41) is 8.72. The number of hydrogen-bond donors (Lipinski definition) is 2. The summed E-state index contributed by atoms with van der Waals surface area (Å²) in [5.74, 6) is -2.18. The third kappa shape index (κ3) is 2.93. The number of halogens is 2. The van der Waals surface area contributed by atoms with Crippen molar-refractivity contribution in [3.8, 4) is 0 Å². The number of rotatable bonds is 4. The molecule has 0 saturated heterocycles. The lowest BCUT2D eigenvalue weighted by atomic mass is 9.89. The van der Waals surface area contributed by atoms with Crippen LogP contribution in [0, 0.1) is 5.82 Å². The van der Waals surface area contributed by atoms with E-state index in [0.717, 1.165) is 0 Å². The Morgan fingerprint density at radius 2 is 2.25 bits per heavy atom. The van der Waals surface area contributed by atoms with Crippen LogP contribution in [0.4, 0.5) is 4.39 Å². The van der Waals surface area contributed by atoms with Gasteiger partial charge in [-0.05, 0) is 18.6 Å². The molecule has 88 valence electrons. The van der Waals surface area contributed by atoms with Crippen LogP contribution in [-0.4, -0.2) is 17.1 Å². The SMILES string of the molecule is CC(N)C(CC(=O)O)c1cccc(Cl)c1F. The van der Waals surface area contributed by atoms with Crippen molar-refractivity contribution in [1.29, 1.82) is 0 Å². The Bertz CT molecular complexity index is 396. The summed E-state index contributed by atoms with van der Waals surface area (Å²) in [6, 6.07) is 4.05. The van der Waals surface area contributed by atoms with Crippen LogP contribution in [-0.2, 0) is 4.79 Å². The van der Waals surface area contributed by atoms with Gasteiger partial charge in [0.05, 0.1) is 11.4 Å². The highest BCUT2D eigenvalue weighted by atomic mass is 35.5. The predicted octanol–water partition coefficient (Wildman–Crippen LogP) is 2.38. The zero-order chi connectivity index (χ0) is 12.3. The van der Waals surface area contributed by atoms with E-state index < -0.39 is 23.7 Å². The Balaban J connectivity index is 3.10. The maximum Gasteiger partial charge on any atom is 0.304 e. The first-order valence-corrected chi connectivity index (χ1v) is 5.22. The molecule has 0 radical (unpaired) electrons. The van der Waals surface area contributed by atoms with E-state index in [-0.39, 0.29) is 17.0 Å². The fraction of sp³-hybridized carbons (Fsp3) is 0.364. The molecule has 0 aliphatic rings. The summed E-state index contributed by atoms with van der Waals surface area (Å²) in [7, 11) is 0. The van der Waals surface area contributed by atoms with Gasteiger partial charge in [0.2, 0.25) is 0 Å². The molecule has 1 aromatic carbocycles. The van der Waals surface area contributed by atoms with E-state index in [2.05, 4.69) is 0 Å². The van der Waals surface area contributed by atoms with Crippen LogP contribution in [0.2, 0.25) is 5.02 Å². The van der Waals surface area contributed by atoms with E-state index in [1.165, 1.54) is 12.1 Å². The van der Waals surface area contributed by atoms with E-state index in [4.69, 9.17) is 22.4 Å². The van der Waals surface area contributed by atoms with Gasteiger partial charge in [0, 0.05) is 12.0 Å². The summed E-state index contributed by atoms with van der Waals surface area (Å²) in [6.45, 7) is 1.65.